The molecule has 33 heteroatoms. The van der Waals surface area contributed by atoms with Gasteiger partial charge in [-0.2, -0.15) is 0 Å². The molecule has 0 radical (unpaired) electrons. The van der Waals surface area contributed by atoms with E-state index in [4.69, 9.17) is 37.0 Å². The lowest BCUT2D eigenvalue weighted by molar-refractivity contribution is -0.0629. The van der Waals surface area contributed by atoms with E-state index in [0.29, 0.717) is 50.4 Å². The van der Waals surface area contributed by atoms with Gasteiger partial charge in [-0.15, -0.1) is 22.6 Å². The minimum Gasteiger partial charge on any atom is -0.394 e. The van der Waals surface area contributed by atoms with Crippen molar-refractivity contribution in [3.8, 4) is 0 Å². The van der Waals surface area contributed by atoms with Crippen molar-refractivity contribution in [2.75, 3.05) is 45.7 Å². The number of nitrogens with one attached hydrogen (secondary N) is 1. The molecule has 20 nitrogen and oxygen atoms in total. The van der Waals surface area contributed by atoms with Gasteiger partial charge in [0.05, 0.1) is 53.2 Å². The molecule has 10 rings (SSSR count). The Morgan fingerprint density at radius 3 is 1.54 bits per heavy atom. The number of fused-ring (bicyclic) bond motifs is 2. The van der Waals surface area contributed by atoms with Gasteiger partial charge in [0.2, 0.25) is 0 Å². The topological polar surface area (TPSA) is 291 Å². The molecule has 4 unspecified atom stereocenters. The first-order valence-corrected chi connectivity index (χ1v) is 34.2. The largest absolute Gasteiger partial charge is 0.394 e. The van der Waals surface area contributed by atoms with Gasteiger partial charge in [0.25, 0.3) is 0 Å². The standard InChI is InChI=1S/C23H28F2N6O4S.C14H20ClN5O4S.C9H9F2N.CHI3.CH2I2.CH4.ClH/c1-2-7-36-23-27-21(26-15-9-12(15)11-3-4-13(24)14(25)8-11)18-22(28-23)31(30-29-18)16-10-17(35-6-5-32)20(34)19(16)33;1-2-5-25-14-16-12(15)9-13(17-14)20(19-18-9)7-6-8(24-4-3-21)11(23)10(7)22;10-7-2-1-5(3-8(7)11)6-4-9(6)12;2-1(3)4;2-1-3;;/h3-4,8,12,15-17,19-20,32-34H,2,5-7,9-10H2,1H3,(H,26,27,28);7-8,10-11,21-23H,2-6H2,1H3;1-3,6,9H,4,12H2;1H;1H2;1H4;1H/t12-,15?,16?,17-,19-,20+;7?,8-,10-,11+;6?,9-;;;;/m001..../s1. The van der Waals surface area contributed by atoms with Crippen LogP contribution in [0.5, 0.6) is 0 Å². The lowest BCUT2D eigenvalue weighted by Gasteiger charge is -2.17. The van der Waals surface area contributed by atoms with Crippen molar-refractivity contribution in [2.24, 2.45) is 5.73 Å². The molecule has 458 valence electrons. The summed E-state index contributed by atoms with van der Waals surface area (Å²) >= 11 is 20.6. The van der Waals surface area contributed by atoms with Gasteiger partial charge < -0.3 is 51.2 Å². The number of benzene rings is 2. The third kappa shape index (κ3) is 20.3. The highest BCUT2D eigenvalue weighted by Crippen LogP contribution is 2.44. The molecule has 4 aromatic heterocycles. The Hall–Kier alpha value is -0.510. The maximum Gasteiger partial charge on any atom is 0.191 e. The van der Waals surface area contributed by atoms with Crippen LogP contribution in [0.2, 0.25) is 5.15 Å². The molecule has 0 bridgehead atoms. The maximum atomic E-state index is 13.7. The molecule has 0 amide bonds. The molecule has 4 aliphatic rings. The smallest absolute Gasteiger partial charge is 0.191 e. The van der Waals surface area contributed by atoms with Gasteiger partial charge in [-0.1, -0.05) is 192 Å². The van der Waals surface area contributed by atoms with E-state index in [1.165, 1.54) is 47.5 Å². The number of alkyl halides is 5. The molecule has 4 heterocycles. The van der Waals surface area contributed by atoms with Gasteiger partial charge in [0, 0.05) is 48.3 Å². The first-order valence-electron chi connectivity index (χ1n) is 25.1. The quantitative estimate of drug-likeness (QED) is 0.00992. The lowest BCUT2D eigenvalue weighted by Crippen LogP contribution is -2.33. The number of rotatable bonds is 18. The second kappa shape index (κ2) is 36.2. The molecule has 4 saturated carbocycles. The number of hydrogen-bond acceptors (Lipinski definition) is 20. The molecule has 12 atom stereocenters. The van der Waals surface area contributed by atoms with E-state index in [0.717, 1.165) is 54.8 Å². The summed E-state index contributed by atoms with van der Waals surface area (Å²) in [5, 5.41) is 80.7. The van der Waals surface area contributed by atoms with Gasteiger partial charge in [-0.05, 0) is 61.1 Å². The first-order chi connectivity index (χ1) is 38.3. The fourth-order valence-corrected chi connectivity index (χ4v) is 10.4. The van der Waals surface area contributed by atoms with Crippen molar-refractivity contribution < 1.29 is 57.7 Å². The normalized spacial score (nSPS) is 24.9. The molecule has 4 fully saturated rings. The van der Waals surface area contributed by atoms with Crippen molar-refractivity contribution in [1.82, 2.24) is 49.9 Å². The van der Waals surface area contributed by atoms with Crippen molar-refractivity contribution in [2.45, 2.75) is 143 Å². The number of aliphatic hydroxyl groups excluding tert-OH is 6. The summed E-state index contributed by atoms with van der Waals surface area (Å²) in [6.07, 6.45) is -1.64. The van der Waals surface area contributed by atoms with Crippen LogP contribution in [0.3, 0.4) is 0 Å². The number of anilines is 1. The van der Waals surface area contributed by atoms with Gasteiger partial charge in [0.15, 0.2) is 66.9 Å². The SMILES string of the molecule is C.CCCSc1nc(Cl)c2nnn(C3C[C@H](OCCO)[C@@H](O)[C@H]3O)c2n1.CCCSc1nc(NC2C[C@H]2c2ccc(F)c(F)c2)c2nnn(C3C[C@H](OCCO)[C@@H](O)[C@H]3O)c2n1.Cl.IC(I)I.ICI.N[C@@H]1CC1c1ccc(F)c(F)c1. The Balaban J connectivity index is 0.000000271. The molecule has 0 aliphatic heterocycles. The van der Waals surface area contributed by atoms with Crippen LogP contribution in [0.4, 0.5) is 23.4 Å². The number of hydrogen-bond donors (Lipinski definition) is 8. The monoisotopic (exact) mass is 1790 g/mol. The van der Waals surface area contributed by atoms with Crippen LogP contribution < -0.4 is 11.1 Å². The lowest BCUT2D eigenvalue weighted by atomic mass is 10.1. The highest BCUT2D eigenvalue weighted by atomic mass is 127. The third-order valence-electron chi connectivity index (χ3n) is 12.8. The Morgan fingerprint density at radius 2 is 1.11 bits per heavy atom. The van der Waals surface area contributed by atoms with E-state index >= 15 is 0 Å². The third-order valence-corrected chi connectivity index (χ3v) is 15.2. The van der Waals surface area contributed by atoms with E-state index < -0.39 is 72.0 Å². The number of thioether (sulfide) groups is 2. The molecule has 6 aromatic rings. The van der Waals surface area contributed by atoms with E-state index in [1.54, 1.807) is 12.1 Å². The molecule has 82 heavy (non-hydrogen) atoms. The second-order valence-corrected chi connectivity index (χ2v) is 36.2. The van der Waals surface area contributed by atoms with Crippen LogP contribution >= 0.6 is 160 Å². The van der Waals surface area contributed by atoms with Crippen molar-refractivity contribution >= 4 is 189 Å². The molecule has 0 spiro atoms. The van der Waals surface area contributed by atoms with Crippen molar-refractivity contribution in [1.29, 1.82) is 0 Å². The van der Waals surface area contributed by atoms with E-state index in [-0.39, 0.29) is 81.8 Å². The summed E-state index contributed by atoms with van der Waals surface area (Å²) in [7, 11) is 0. The molecule has 2 aromatic carbocycles. The molecular formula is C49H65Cl2F4I5N12O8S2. The van der Waals surface area contributed by atoms with Crippen LogP contribution in [0.15, 0.2) is 46.7 Å². The zero-order chi connectivity index (χ0) is 58.4. The fraction of sp³-hybridized carbons (Fsp3) is 0.592. The average molecular weight is 1800 g/mol. The van der Waals surface area contributed by atoms with Crippen LogP contribution in [0, 0.1) is 23.3 Å². The highest BCUT2D eigenvalue weighted by molar-refractivity contribution is 14.3. The summed E-state index contributed by atoms with van der Waals surface area (Å²) in [5.74, 6) is -0.967. The van der Waals surface area contributed by atoms with Crippen molar-refractivity contribution in [3.63, 3.8) is 0 Å². The predicted octanol–water partition coefficient (Wildman–Crippen LogP) is 9.66. The highest BCUT2D eigenvalue weighted by Gasteiger charge is 2.46. The Kier molecular flexibility index (Phi) is 32.7. The van der Waals surface area contributed by atoms with Crippen LogP contribution in [-0.2, 0) is 9.47 Å². The Bertz CT molecular complexity index is 2930. The van der Waals surface area contributed by atoms with Crippen molar-refractivity contribution in [3.05, 3.63) is 75.9 Å². The minimum absolute atomic E-state index is 0. The summed E-state index contributed by atoms with van der Waals surface area (Å²) < 4.78 is 68.0. The number of aromatic nitrogens is 10. The van der Waals surface area contributed by atoms with E-state index in [1.807, 2.05) is 0 Å². The molecule has 4 aliphatic carbocycles. The molecular weight excluding hydrogens is 1730 g/mol. The van der Waals surface area contributed by atoms with Gasteiger partial charge in [-0.3, -0.25) is 0 Å². The van der Waals surface area contributed by atoms with E-state index in [9.17, 15) is 38.0 Å². The first kappa shape index (κ1) is 74.0. The Morgan fingerprint density at radius 1 is 0.683 bits per heavy atom. The Labute approximate surface area is 560 Å². The summed E-state index contributed by atoms with van der Waals surface area (Å²) in [6, 6.07) is 6.81. The number of nitrogens with two attached hydrogens (primary N) is 1. The van der Waals surface area contributed by atoms with Gasteiger partial charge >= 0.3 is 0 Å². The average Bonchev–Trinajstić information content (AvgIpc) is 3.91. The van der Waals surface area contributed by atoms with Crippen LogP contribution in [0.25, 0.3) is 22.3 Å². The molecule has 9 N–H and O–H groups in total. The molecule has 0 saturated heterocycles. The number of ether oxygens (including phenoxy) is 2. The second-order valence-electron chi connectivity index (χ2n) is 18.4. The van der Waals surface area contributed by atoms with Gasteiger partial charge in [-0.25, -0.2) is 46.9 Å². The minimum atomic E-state index is -1.15. The number of nitrogens with zero attached hydrogens (tertiary/aromatic N) is 10. The fourth-order valence-electron chi connectivity index (χ4n) is 8.79. The zero-order valence-corrected chi connectivity index (χ0v) is 57.2. The number of halogens is 11. The number of aliphatic hydroxyl groups is 6. The summed E-state index contributed by atoms with van der Waals surface area (Å²) in [5.41, 5.74) is 8.67. The van der Waals surface area contributed by atoms with Crippen LogP contribution in [0.1, 0.15) is 94.8 Å². The van der Waals surface area contributed by atoms with E-state index in [2.05, 4.69) is 173 Å². The van der Waals surface area contributed by atoms with Crippen LogP contribution in [-0.4, -0.2) is 170 Å². The maximum absolute atomic E-state index is 13.7. The summed E-state index contributed by atoms with van der Waals surface area (Å²) in [6.45, 7) is 3.90. The van der Waals surface area contributed by atoms with Gasteiger partial charge in [0.1, 0.15) is 24.4 Å². The zero-order valence-electron chi connectivity index (χ0n) is 43.2. The summed E-state index contributed by atoms with van der Waals surface area (Å²) in [4.78, 5) is 17.9. The predicted molar refractivity (Wildman–Crippen MR) is 354 cm³/mol.